The normalized spacial score (nSPS) is 16.1. The van der Waals surface area contributed by atoms with Crippen molar-refractivity contribution in [2.75, 3.05) is 28.8 Å². The van der Waals surface area contributed by atoms with Gasteiger partial charge in [0.1, 0.15) is 0 Å². The van der Waals surface area contributed by atoms with E-state index in [1.54, 1.807) is 0 Å². The molecule has 0 aliphatic rings. The second-order valence-electron chi connectivity index (χ2n) is 6.58. The monoisotopic (exact) mass is 308 g/mol. The summed E-state index contributed by atoms with van der Waals surface area (Å²) < 4.78 is 0. The first-order chi connectivity index (χ1) is 9.95. The average molecular weight is 309 g/mol. The molecule has 0 heterocycles. The van der Waals surface area contributed by atoms with Gasteiger partial charge >= 0.3 is 0 Å². The molecule has 122 valence electrons. The van der Waals surface area contributed by atoms with Gasteiger partial charge in [-0.1, -0.05) is 44.2 Å². The van der Waals surface area contributed by atoms with Gasteiger partial charge in [-0.05, 0) is 46.9 Å². The maximum absolute atomic E-state index is 4.19. The Hall–Kier alpha value is -0.950. The van der Waals surface area contributed by atoms with Crippen molar-refractivity contribution < 1.29 is 0 Å². The van der Waals surface area contributed by atoms with Crippen LogP contribution in [-0.4, -0.2) is 34.0 Å². The topological polar surface area (TPSA) is 0 Å². The molecule has 0 aromatic rings. The molecule has 0 aromatic heterocycles. The van der Waals surface area contributed by atoms with Gasteiger partial charge in [-0.15, -0.1) is 32.9 Å². The van der Waals surface area contributed by atoms with E-state index in [1.807, 2.05) is 0 Å². The van der Waals surface area contributed by atoms with E-state index in [1.165, 1.54) is 5.75 Å². The summed E-state index contributed by atoms with van der Waals surface area (Å²) in [5, 5.41) is 0.483. The van der Waals surface area contributed by atoms with Gasteiger partial charge in [0.2, 0.25) is 0 Å². The van der Waals surface area contributed by atoms with Crippen molar-refractivity contribution in [3.63, 3.8) is 0 Å². The van der Waals surface area contributed by atoms with Crippen LogP contribution in [0.25, 0.3) is 0 Å². The van der Waals surface area contributed by atoms with E-state index in [0.29, 0.717) is 5.25 Å². The fraction of sp³-hybridized carbons (Fsp3) is 0.500. The molecule has 0 radical (unpaired) electrons. The SMILES string of the molecule is C=CCS(CC=C)(CC=C)(CC=C)(CCC)C(C=C)CC. The van der Waals surface area contributed by atoms with Crippen LogP contribution in [0.2, 0.25) is 0 Å². The molecule has 1 atom stereocenters. The van der Waals surface area contributed by atoms with Crippen LogP contribution in [0.3, 0.4) is 0 Å². The summed E-state index contributed by atoms with van der Waals surface area (Å²) in [6.45, 7) is 25.2. The third-order valence-corrected chi connectivity index (χ3v) is 15.3. The van der Waals surface area contributed by atoms with Crippen LogP contribution in [0.4, 0.5) is 0 Å². The lowest BCUT2D eigenvalue weighted by molar-refractivity contribution is 0.909. The predicted octanol–water partition coefficient (Wildman–Crippen LogP) is 5.98. The molecule has 0 bridgehead atoms. The molecule has 0 rings (SSSR count). The highest BCUT2D eigenvalue weighted by Crippen LogP contribution is 2.92. The van der Waals surface area contributed by atoms with Crippen LogP contribution in [0.5, 0.6) is 0 Å². The lowest BCUT2D eigenvalue weighted by Gasteiger charge is -2.82. The van der Waals surface area contributed by atoms with Gasteiger partial charge in [0.05, 0.1) is 0 Å². The van der Waals surface area contributed by atoms with E-state index < -0.39 is 8.29 Å². The van der Waals surface area contributed by atoms with Gasteiger partial charge in [0, 0.05) is 0 Å². The highest BCUT2D eigenvalue weighted by atomic mass is 32.4. The van der Waals surface area contributed by atoms with Crippen LogP contribution < -0.4 is 0 Å². The largest absolute Gasteiger partial charge is 0.257 e. The first kappa shape index (κ1) is 20.1. The molecule has 0 fully saturated rings. The quantitative estimate of drug-likeness (QED) is 0.367. The first-order valence-corrected chi connectivity index (χ1v) is 11.4. The molecule has 0 N–H and O–H groups in total. The standard InChI is InChI=1S/C20H36S/c1-8-15-21(16-9-2,17-10-3,18-11-4,19-12-5)20(13-6)14-7/h8-11,13,20H,1-4,6,12,14-19H2,5,7H3. The second-order valence-corrected chi connectivity index (χ2v) is 14.7. The van der Waals surface area contributed by atoms with Gasteiger partial charge in [-0.25, -0.2) is 0 Å². The van der Waals surface area contributed by atoms with Gasteiger partial charge in [-0.2, -0.15) is 0 Å². The van der Waals surface area contributed by atoms with Crippen LogP contribution >= 0.6 is 8.29 Å². The fourth-order valence-corrected chi connectivity index (χ4v) is 14.0. The number of hydrogen-bond donors (Lipinski definition) is 0. The molecule has 1 unspecified atom stereocenters. The molecule has 0 saturated heterocycles. The van der Waals surface area contributed by atoms with Gasteiger partial charge in [0.15, 0.2) is 0 Å². The van der Waals surface area contributed by atoms with E-state index in [9.17, 15) is 0 Å². The maximum Gasteiger partial charge on any atom is -0.00328 e. The van der Waals surface area contributed by atoms with E-state index in [0.717, 1.165) is 35.9 Å². The number of rotatable bonds is 13. The van der Waals surface area contributed by atoms with Crippen LogP contribution in [-0.2, 0) is 0 Å². The van der Waals surface area contributed by atoms with E-state index in [-0.39, 0.29) is 0 Å². The Morgan fingerprint density at radius 1 is 0.762 bits per heavy atom. The minimum Gasteiger partial charge on any atom is -0.257 e. The van der Waals surface area contributed by atoms with Gasteiger partial charge in [0.25, 0.3) is 0 Å². The third-order valence-electron chi connectivity index (χ3n) is 5.38. The van der Waals surface area contributed by atoms with Crippen LogP contribution in [0.15, 0.2) is 63.3 Å². The molecule has 0 aromatic carbocycles. The Kier molecular flexibility index (Phi) is 7.02. The smallest absolute Gasteiger partial charge is 0.00328 e. The summed E-state index contributed by atoms with van der Waals surface area (Å²) >= 11 is 0. The van der Waals surface area contributed by atoms with E-state index in [4.69, 9.17) is 0 Å². The average Bonchev–Trinajstić information content (AvgIpc) is 2.41. The molecular formula is C20H36S. The van der Waals surface area contributed by atoms with E-state index >= 15 is 0 Å². The Morgan fingerprint density at radius 3 is 1.33 bits per heavy atom. The summed E-state index contributed by atoms with van der Waals surface area (Å²) in [4.78, 5) is 0. The van der Waals surface area contributed by atoms with Crippen LogP contribution in [0.1, 0.15) is 26.7 Å². The summed E-state index contributed by atoms with van der Waals surface area (Å²) in [7, 11) is -2.57. The molecule has 0 spiro atoms. The molecule has 1 heteroatoms. The predicted molar refractivity (Wildman–Crippen MR) is 107 cm³/mol. The molecule has 0 nitrogen and oxygen atoms in total. The molecule has 0 aliphatic heterocycles. The fourth-order valence-electron chi connectivity index (χ4n) is 4.78. The van der Waals surface area contributed by atoms with Crippen molar-refractivity contribution in [1.82, 2.24) is 0 Å². The Bertz CT molecular complexity index is 358. The highest BCUT2D eigenvalue weighted by molar-refractivity contribution is 8.65. The lowest BCUT2D eigenvalue weighted by atomic mass is 10.3. The zero-order valence-electron chi connectivity index (χ0n) is 14.4. The maximum atomic E-state index is 4.19. The highest BCUT2D eigenvalue weighted by Gasteiger charge is 2.60. The van der Waals surface area contributed by atoms with Crippen molar-refractivity contribution >= 4 is 8.29 Å². The first-order valence-electron chi connectivity index (χ1n) is 8.01. The second kappa shape index (κ2) is 7.35. The molecule has 0 saturated carbocycles. The van der Waals surface area contributed by atoms with Crippen molar-refractivity contribution in [2.24, 2.45) is 0 Å². The Balaban J connectivity index is 6.85. The minimum absolute atomic E-state index is 0.483. The summed E-state index contributed by atoms with van der Waals surface area (Å²) in [6.07, 6.45) is 13.0. The molecular weight excluding hydrogens is 272 g/mol. The van der Waals surface area contributed by atoms with Crippen molar-refractivity contribution in [1.29, 1.82) is 0 Å². The summed E-state index contributed by atoms with van der Waals surface area (Å²) in [6, 6.07) is 0. The summed E-state index contributed by atoms with van der Waals surface area (Å²) in [5.41, 5.74) is 0. The Labute approximate surface area is 132 Å². The number of hydrogen-bond acceptors (Lipinski definition) is 0. The zero-order chi connectivity index (χ0) is 16.5. The molecule has 21 heavy (non-hydrogen) atoms. The van der Waals surface area contributed by atoms with Crippen LogP contribution in [0, 0.1) is 0 Å². The molecule has 0 amide bonds. The Morgan fingerprint density at radius 2 is 1.14 bits per heavy atom. The van der Waals surface area contributed by atoms with Gasteiger partial charge in [-0.3, -0.25) is 8.29 Å². The lowest BCUT2D eigenvalue weighted by Crippen LogP contribution is -2.56. The third kappa shape index (κ3) is 2.99. The van der Waals surface area contributed by atoms with Crippen molar-refractivity contribution in [2.45, 2.75) is 31.9 Å². The molecule has 0 aliphatic carbocycles. The van der Waals surface area contributed by atoms with Crippen molar-refractivity contribution in [3.05, 3.63) is 63.3 Å². The summed E-state index contributed by atoms with van der Waals surface area (Å²) in [5.74, 6) is 5.39. The zero-order valence-corrected chi connectivity index (χ0v) is 15.2. The van der Waals surface area contributed by atoms with Crippen molar-refractivity contribution in [3.8, 4) is 0 Å². The van der Waals surface area contributed by atoms with E-state index in [2.05, 4.69) is 77.1 Å². The minimum atomic E-state index is -2.57. The van der Waals surface area contributed by atoms with Gasteiger partial charge < -0.3 is 0 Å².